The van der Waals surface area contributed by atoms with Crippen LogP contribution in [-0.2, 0) is 6.54 Å². The average molecular weight is 204 g/mol. The smallest absolute Gasteiger partial charge is 0.0969 e. The largest absolute Gasteiger partial charge is 0.326 e. The molecule has 2 aromatic rings. The van der Waals surface area contributed by atoms with Crippen LogP contribution in [0.3, 0.4) is 0 Å². The van der Waals surface area contributed by atoms with Gasteiger partial charge in [0.1, 0.15) is 0 Å². The van der Waals surface area contributed by atoms with Crippen molar-refractivity contribution in [1.29, 1.82) is 0 Å². The Bertz CT molecular complexity index is 471. The maximum absolute atomic E-state index is 5.68. The van der Waals surface area contributed by atoms with E-state index in [0.717, 1.165) is 11.4 Å². The second-order valence-corrected chi connectivity index (χ2v) is 4.86. The minimum Gasteiger partial charge on any atom is -0.326 e. The highest BCUT2D eigenvalue weighted by Crippen LogP contribution is 2.43. The van der Waals surface area contributed by atoms with Crippen molar-refractivity contribution in [3.8, 4) is 0 Å². The maximum atomic E-state index is 5.68. The molecule has 1 aliphatic carbocycles. The first-order chi connectivity index (χ1) is 6.88. The Morgan fingerprint density at radius 2 is 2.29 bits per heavy atom. The highest BCUT2D eigenvalue weighted by molar-refractivity contribution is 7.18. The van der Waals surface area contributed by atoms with E-state index in [1.165, 1.54) is 28.1 Å². The van der Waals surface area contributed by atoms with Crippen molar-refractivity contribution in [2.45, 2.75) is 25.3 Å². The van der Waals surface area contributed by atoms with Crippen molar-refractivity contribution >= 4 is 21.6 Å². The van der Waals surface area contributed by atoms with E-state index in [9.17, 15) is 0 Å². The van der Waals surface area contributed by atoms with Gasteiger partial charge in [0.25, 0.3) is 0 Å². The second kappa shape index (κ2) is 3.04. The van der Waals surface area contributed by atoms with E-state index in [1.807, 2.05) is 11.3 Å². The lowest BCUT2D eigenvalue weighted by atomic mass is 10.2. The SMILES string of the molecule is NCc1cccc2sc(C3CC3)nc12. The van der Waals surface area contributed by atoms with Crippen molar-refractivity contribution in [2.75, 3.05) is 0 Å². The Kier molecular flexibility index (Phi) is 1.82. The zero-order valence-corrected chi connectivity index (χ0v) is 8.68. The normalized spacial score (nSPS) is 16.4. The minimum absolute atomic E-state index is 0.588. The van der Waals surface area contributed by atoms with Gasteiger partial charge in [-0.15, -0.1) is 11.3 Å². The van der Waals surface area contributed by atoms with Crippen LogP contribution in [0.1, 0.15) is 29.3 Å². The van der Waals surface area contributed by atoms with Crippen LogP contribution in [0, 0.1) is 0 Å². The summed E-state index contributed by atoms with van der Waals surface area (Å²) in [5.74, 6) is 0.748. The quantitative estimate of drug-likeness (QED) is 0.816. The maximum Gasteiger partial charge on any atom is 0.0969 e. The minimum atomic E-state index is 0.588. The van der Waals surface area contributed by atoms with Gasteiger partial charge < -0.3 is 5.73 Å². The molecule has 1 fully saturated rings. The van der Waals surface area contributed by atoms with Crippen LogP contribution in [0.4, 0.5) is 0 Å². The highest BCUT2D eigenvalue weighted by atomic mass is 32.1. The molecule has 0 radical (unpaired) electrons. The molecule has 72 valence electrons. The fourth-order valence-electron chi connectivity index (χ4n) is 1.69. The standard InChI is InChI=1S/C11H12N2S/c12-6-8-2-1-3-9-10(8)13-11(14-9)7-4-5-7/h1-3,7H,4-6,12H2. The van der Waals surface area contributed by atoms with Gasteiger partial charge in [0.2, 0.25) is 0 Å². The molecule has 0 saturated heterocycles. The van der Waals surface area contributed by atoms with Crippen LogP contribution in [0.2, 0.25) is 0 Å². The fourth-order valence-corrected chi connectivity index (χ4v) is 2.88. The molecule has 1 heterocycles. The molecular formula is C11H12N2S. The summed E-state index contributed by atoms with van der Waals surface area (Å²) in [5, 5.41) is 1.31. The van der Waals surface area contributed by atoms with Crippen molar-refractivity contribution < 1.29 is 0 Å². The lowest BCUT2D eigenvalue weighted by Gasteiger charge is -1.95. The Hall–Kier alpha value is -0.930. The summed E-state index contributed by atoms with van der Waals surface area (Å²) in [4.78, 5) is 4.68. The molecule has 0 spiro atoms. The number of nitrogens with zero attached hydrogens (tertiary/aromatic N) is 1. The molecule has 3 rings (SSSR count). The van der Waals surface area contributed by atoms with Gasteiger partial charge in [-0.3, -0.25) is 0 Å². The topological polar surface area (TPSA) is 38.9 Å². The number of nitrogens with two attached hydrogens (primary N) is 1. The number of rotatable bonds is 2. The number of para-hydroxylation sites is 1. The monoisotopic (exact) mass is 204 g/mol. The lowest BCUT2D eigenvalue weighted by Crippen LogP contribution is -1.96. The predicted molar refractivity (Wildman–Crippen MR) is 59.5 cm³/mol. The zero-order chi connectivity index (χ0) is 9.54. The third-order valence-electron chi connectivity index (χ3n) is 2.67. The van der Waals surface area contributed by atoms with E-state index in [4.69, 9.17) is 5.73 Å². The van der Waals surface area contributed by atoms with Crippen LogP contribution >= 0.6 is 11.3 Å². The number of fused-ring (bicyclic) bond motifs is 1. The molecule has 1 aromatic carbocycles. The number of benzene rings is 1. The number of hydrogen-bond donors (Lipinski definition) is 1. The number of thiazole rings is 1. The van der Waals surface area contributed by atoms with Crippen LogP contribution < -0.4 is 5.73 Å². The number of hydrogen-bond acceptors (Lipinski definition) is 3. The van der Waals surface area contributed by atoms with Crippen LogP contribution in [0.25, 0.3) is 10.2 Å². The van der Waals surface area contributed by atoms with Crippen LogP contribution in [-0.4, -0.2) is 4.98 Å². The summed E-state index contributed by atoms with van der Waals surface area (Å²) >= 11 is 1.83. The van der Waals surface area contributed by atoms with Gasteiger partial charge in [-0.05, 0) is 24.5 Å². The number of aromatic nitrogens is 1. The molecule has 1 aliphatic rings. The Balaban J connectivity index is 2.20. The highest BCUT2D eigenvalue weighted by Gasteiger charge is 2.27. The fraction of sp³-hybridized carbons (Fsp3) is 0.364. The predicted octanol–water partition coefficient (Wildman–Crippen LogP) is 2.63. The van der Waals surface area contributed by atoms with Crippen molar-refractivity contribution in [2.24, 2.45) is 5.73 Å². The Morgan fingerprint density at radius 1 is 1.43 bits per heavy atom. The van der Waals surface area contributed by atoms with Crippen LogP contribution in [0.15, 0.2) is 18.2 Å². The summed E-state index contributed by atoms with van der Waals surface area (Å²) in [6.07, 6.45) is 2.63. The van der Waals surface area contributed by atoms with Gasteiger partial charge in [0.15, 0.2) is 0 Å². The molecular weight excluding hydrogens is 192 g/mol. The molecule has 3 heteroatoms. The van der Waals surface area contributed by atoms with E-state index in [1.54, 1.807) is 0 Å². The molecule has 2 nitrogen and oxygen atoms in total. The van der Waals surface area contributed by atoms with E-state index in [2.05, 4.69) is 23.2 Å². The summed E-state index contributed by atoms with van der Waals surface area (Å²) in [6.45, 7) is 0.588. The third-order valence-corrected chi connectivity index (χ3v) is 3.85. The molecule has 0 aliphatic heterocycles. The van der Waals surface area contributed by atoms with Gasteiger partial charge in [-0.2, -0.15) is 0 Å². The summed E-state index contributed by atoms with van der Waals surface area (Å²) in [7, 11) is 0. The molecule has 2 N–H and O–H groups in total. The molecule has 0 amide bonds. The second-order valence-electron chi connectivity index (χ2n) is 3.79. The van der Waals surface area contributed by atoms with Gasteiger partial charge in [0.05, 0.1) is 15.2 Å². The van der Waals surface area contributed by atoms with Crippen molar-refractivity contribution in [3.05, 3.63) is 28.8 Å². The first kappa shape index (κ1) is 8.38. The van der Waals surface area contributed by atoms with E-state index in [0.29, 0.717) is 6.54 Å². The molecule has 0 unspecified atom stereocenters. The summed E-state index contributed by atoms with van der Waals surface area (Å²) in [5.41, 5.74) is 7.98. The molecule has 0 atom stereocenters. The van der Waals surface area contributed by atoms with Gasteiger partial charge in [-0.25, -0.2) is 4.98 Å². The first-order valence-corrected chi connectivity index (χ1v) is 5.78. The Labute approximate surface area is 86.8 Å². The molecule has 1 aromatic heterocycles. The Morgan fingerprint density at radius 3 is 3.00 bits per heavy atom. The third kappa shape index (κ3) is 1.24. The van der Waals surface area contributed by atoms with Gasteiger partial charge in [-0.1, -0.05) is 12.1 Å². The van der Waals surface area contributed by atoms with Gasteiger partial charge >= 0.3 is 0 Å². The average Bonchev–Trinajstić information content (AvgIpc) is 2.97. The zero-order valence-electron chi connectivity index (χ0n) is 7.86. The lowest BCUT2D eigenvalue weighted by molar-refractivity contribution is 1.06. The van der Waals surface area contributed by atoms with Crippen molar-refractivity contribution in [1.82, 2.24) is 4.98 Å². The van der Waals surface area contributed by atoms with Crippen LogP contribution in [0.5, 0.6) is 0 Å². The van der Waals surface area contributed by atoms with Crippen molar-refractivity contribution in [3.63, 3.8) is 0 Å². The molecule has 0 bridgehead atoms. The molecule has 1 saturated carbocycles. The summed E-state index contributed by atoms with van der Waals surface area (Å²) < 4.78 is 1.29. The molecule has 14 heavy (non-hydrogen) atoms. The summed E-state index contributed by atoms with van der Waals surface area (Å²) in [6, 6.07) is 6.27. The van der Waals surface area contributed by atoms with Gasteiger partial charge in [0, 0.05) is 12.5 Å². The first-order valence-electron chi connectivity index (χ1n) is 4.97. The van der Waals surface area contributed by atoms with E-state index in [-0.39, 0.29) is 0 Å². The van der Waals surface area contributed by atoms with E-state index < -0.39 is 0 Å². The van der Waals surface area contributed by atoms with E-state index >= 15 is 0 Å².